The lowest BCUT2D eigenvalue weighted by Gasteiger charge is -2.29. The second-order valence-electron chi connectivity index (χ2n) is 11.1. The van der Waals surface area contributed by atoms with Gasteiger partial charge in [-0.25, -0.2) is 0 Å². The van der Waals surface area contributed by atoms with Gasteiger partial charge in [0.25, 0.3) is 20.2 Å². The van der Waals surface area contributed by atoms with E-state index in [2.05, 4.69) is 10.3 Å². The van der Waals surface area contributed by atoms with Gasteiger partial charge < -0.3 is 10.4 Å². The number of aliphatic imine (C=N–C) groups is 1. The van der Waals surface area contributed by atoms with Crippen LogP contribution < -0.4 is 5.32 Å². The van der Waals surface area contributed by atoms with Gasteiger partial charge in [-0.05, 0) is 59.7 Å². The molecule has 2 aromatic carbocycles. The van der Waals surface area contributed by atoms with Gasteiger partial charge in [-0.3, -0.25) is 14.1 Å². The number of aliphatic hydroxyl groups excluding tert-OH is 1. The summed E-state index contributed by atoms with van der Waals surface area (Å²) in [6, 6.07) is 11.9. The highest BCUT2D eigenvalue weighted by Crippen LogP contribution is 2.49. The number of allylic oxidation sites excluding steroid dienone is 6. The van der Waals surface area contributed by atoms with Crippen LogP contribution in [-0.4, -0.2) is 36.8 Å². The summed E-state index contributed by atoms with van der Waals surface area (Å²) in [6.45, 7) is 7.19. The first-order chi connectivity index (χ1) is 19.4. The molecule has 214 valence electrons. The zero-order valence-corrected chi connectivity index (χ0v) is 24.4. The monoisotopic (exact) mass is 604 g/mol. The van der Waals surface area contributed by atoms with Crippen molar-refractivity contribution in [2.24, 2.45) is 4.99 Å². The van der Waals surface area contributed by atoms with Gasteiger partial charge in [0.1, 0.15) is 23.5 Å². The standard InChI is InChI=1S/C29H24N4O7S2/c1-28(2)20-9-16(41(35,36)37)5-7-22(20)32-24(28)11-18-26(15(13-30)14-31)19(27(18)34)12-25-29(3,4)21-10-17(42(38,39)40)6-8-23(21)33-25/h5-12,32,34H,1-4H3,(H,35,36,37)(H,38,39,40). The third-order valence-electron chi connectivity index (χ3n) is 7.82. The largest absolute Gasteiger partial charge is 0.507 e. The third-order valence-corrected chi connectivity index (χ3v) is 9.52. The molecule has 0 amide bonds. The molecule has 2 aliphatic heterocycles. The molecule has 3 aliphatic rings. The Morgan fingerprint density at radius 1 is 0.881 bits per heavy atom. The van der Waals surface area contributed by atoms with Crippen molar-refractivity contribution in [3.05, 3.63) is 93.4 Å². The number of rotatable bonds is 4. The van der Waals surface area contributed by atoms with Gasteiger partial charge in [0.05, 0.1) is 21.2 Å². The molecule has 0 radical (unpaired) electrons. The van der Waals surface area contributed by atoms with E-state index in [-0.39, 0.29) is 37.8 Å². The summed E-state index contributed by atoms with van der Waals surface area (Å²) in [4.78, 5) is 4.03. The minimum Gasteiger partial charge on any atom is -0.507 e. The molecule has 11 nitrogen and oxygen atoms in total. The first kappa shape index (κ1) is 29.0. The summed E-state index contributed by atoms with van der Waals surface area (Å²) in [5.41, 5.74) is 1.80. The smallest absolute Gasteiger partial charge is 0.294 e. The molecule has 42 heavy (non-hydrogen) atoms. The summed E-state index contributed by atoms with van der Waals surface area (Å²) in [5, 5.41) is 33.8. The first-order valence-corrected chi connectivity index (χ1v) is 15.3. The molecule has 0 aromatic heterocycles. The van der Waals surface area contributed by atoms with Crippen LogP contribution in [0.4, 0.5) is 11.4 Å². The lowest BCUT2D eigenvalue weighted by Crippen LogP contribution is -2.26. The van der Waals surface area contributed by atoms with Crippen LogP contribution in [0.25, 0.3) is 0 Å². The van der Waals surface area contributed by atoms with Crippen LogP contribution in [0.3, 0.4) is 0 Å². The van der Waals surface area contributed by atoms with Crippen LogP contribution >= 0.6 is 0 Å². The van der Waals surface area contributed by atoms with Crippen LogP contribution in [0.15, 0.2) is 97.1 Å². The molecule has 0 atom stereocenters. The average molecular weight is 605 g/mol. The topological polar surface area (TPSA) is 201 Å². The van der Waals surface area contributed by atoms with E-state index in [9.17, 15) is 41.6 Å². The molecule has 0 saturated carbocycles. The van der Waals surface area contributed by atoms with Crippen molar-refractivity contribution < 1.29 is 31.0 Å². The van der Waals surface area contributed by atoms with Crippen molar-refractivity contribution in [1.82, 2.24) is 0 Å². The Balaban J connectivity index is 1.60. The van der Waals surface area contributed by atoms with Crippen molar-refractivity contribution in [2.45, 2.75) is 48.3 Å². The Hall–Kier alpha value is -4.53. The van der Waals surface area contributed by atoms with Crippen LogP contribution in [0.1, 0.15) is 38.8 Å². The fourth-order valence-corrected chi connectivity index (χ4v) is 6.31. The van der Waals surface area contributed by atoms with E-state index in [4.69, 9.17) is 0 Å². The Kier molecular flexibility index (Phi) is 6.38. The number of hydrogen-bond donors (Lipinski definition) is 4. The van der Waals surface area contributed by atoms with Crippen LogP contribution in [0.2, 0.25) is 0 Å². The SMILES string of the molecule is CC1(C)C(C=C2C(O)=C(C=C3Nc4ccc(S(=O)(=O)O)cc4C3(C)C)C2=C(C#N)C#N)=Nc2ccc(S(=O)(=O)O)cc21. The highest BCUT2D eigenvalue weighted by atomic mass is 32.2. The normalized spacial score (nSPS) is 20.3. The Morgan fingerprint density at radius 2 is 1.45 bits per heavy atom. The summed E-state index contributed by atoms with van der Waals surface area (Å²) < 4.78 is 65.8. The lowest BCUT2D eigenvalue weighted by molar-refractivity contribution is 0.410. The van der Waals surface area contributed by atoms with E-state index in [0.29, 0.717) is 33.9 Å². The van der Waals surface area contributed by atoms with E-state index in [1.54, 1.807) is 19.9 Å². The molecule has 1 aliphatic carbocycles. The summed E-state index contributed by atoms with van der Waals surface area (Å²) in [7, 11) is -8.89. The Morgan fingerprint density at radius 3 is 2.02 bits per heavy atom. The molecule has 4 N–H and O–H groups in total. The molecular formula is C29H24N4O7S2. The number of nitrogens with one attached hydrogen (secondary N) is 1. The van der Waals surface area contributed by atoms with E-state index in [1.165, 1.54) is 42.5 Å². The number of nitrogens with zero attached hydrogens (tertiary/aromatic N) is 3. The zero-order valence-electron chi connectivity index (χ0n) is 22.8. The van der Waals surface area contributed by atoms with Crippen LogP contribution in [-0.2, 0) is 31.1 Å². The second-order valence-corrected chi connectivity index (χ2v) is 13.9. The molecule has 13 heteroatoms. The number of aliphatic hydroxyl groups is 1. The Bertz CT molecular complexity index is 2070. The molecule has 2 aromatic rings. The zero-order chi connectivity index (χ0) is 31.0. The molecule has 2 heterocycles. The fraction of sp³-hybridized carbons (Fsp3) is 0.207. The fourth-order valence-electron chi connectivity index (χ4n) is 5.30. The highest BCUT2D eigenvalue weighted by Gasteiger charge is 2.41. The van der Waals surface area contributed by atoms with Gasteiger partial charge in [0, 0.05) is 38.9 Å². The van der Waals surface area contributed by atoms with Gasteiger partial charge in [-0.15, -0.1) is 0 Å². The minimum atomic E-state index is -4.45. The third kappa shape index (κ3) is 4.44. The minimum absolute atomic E-state index is 0.185. The second kappa shape index (κ2) is 9.24. The molecule has 0 spiro atoms. The van der Waals surface area contributed by atoms with E-state index < -0.39 is 31.1 Å². The van der Waals surface area contributed by atoms with Gasteiger partial charge in [0.15, 0.2) is 0 Å². The maximum Gasteiger partial charge on any atom is 0.294 e. The number of fused-ring (bicyclic) bond motifs is 2. The quantitative estimate of drug-likeness (QED) is 0.274. The van der Waals surface area contributed by atoms with E-state index in [0.717, 1.165) is 0 Å². The number of benzene rings is 2. The number of hydrogen-bond acceptors (Lipinski definition) is 9. The maximum absolute atomic E-state index is 11.7. The van der Waals surface area contributed by atoms with E-state index in [1.807, 2.05) is 26.0 Å². The van der Waals surface area contributed by atoms with Gasteiger partial charge in [0.2, 0.25) is 0 Å². The molecule has 0 saturated heterocycles. The van der Waals surface area contributed by atoms with Gasteiger partial charge in [-0.2, -0.15) is 27.4 Å². The first-order valence-electron chi connectivity index (χ1n) is 12.4. The maximum atomic E-state index is 11.7. The predicted molar refractivity (Wildman–Crippen MR) is 153 cm³/mol. The molecule has 5 rings (SSSR count). The highest BCUT2D eigenvalue weighted by molar-refractivity contribution is 7.86. The molecule has 0 unspecified atom stereocenters. The van der Waals surface area contributed by atoms with Crippen LogP contribution in [0, 0.1) is 22.7 Å². The van der Waals surface area contributed by atoms with Crippen molar-refractivity contribution in [3.63, 3.8) is 0 Å². The summed E-state index contributed by atoms with van der Waals surface area (Å²) in [5.74, 6) is -0.208. The molecular weight excluding hydrogens is 580 g/mol. The Labute approximate surface area is 242 Å². The predicted octanol–water partition coefficient (Wildman–Crippen LogP) is 4.93. The summed E-state index contributed by atoms with van der Waals surface area (Å²) >= 11 is 0. The van der Waals surface area contributed by atoms with Crippen LogP contribution in [0.5, 0.6) is 0 Å². The number of anilines is 1. The molecule has 0 fully saturated rings. The van der Waals surface area contributed by atoms with Crippen molar-refractivity contribution in [3.8, 4) is 12.1 Å². The van der Waals surface area contributed by atoms with Gasteiger partial charge in [-0.1, -0.05) is 27.7 Å². The lowest BCUT2D eigenvalue weighted by atomic mass is 9.74. The number of nitriles is 2. The van der Waals surface area contributed by atoms with Gasteiger partial charge >= 0.3 is 0 Å². The average Bonchev–Trinajstić information content (AvgIpc) is 3.31. The van der Waals surface area contributed by atoms with E-state index >= 15 is 0 Å². The van der Waals surface area contributed by atoms with Crippen molar-refractivity contribution in [2.75, 3.05) is 5.32 Å². The van der Waals surface area contributed by atoms with Crippen molar-refractivity contribution >= 4 is 37.3 Å². The summed E-state index contributed by atoms with van der Waals surface area (Å²) in [6.07, 6.45) is 3.12. The molecule has 0 bridgehead atoms. The van der Waals surface area contributed by atoms with Crippen molar-refractivity contribution in [1.29, 1.82) is 10.5 Å².